The maximum atomic E-state index is 14.0. The highest BCUT2D eigenvalue weighted by Gasteiger charge is 2.69. The van der Waals surface area contributed by atoms with Crippen LogP contribution in [0.5, 0.6) is 5.75 Å². The third kappa shape index (κ3) is 5.34. The van der Waals surface area contributed by atoms with Crippen LogP contribution in [0.1, 0.15) is 75.9 Å². The lowest BCUT2D eigenvalue weighted by atomic mass is 9.52. The van der Waals surface area contributed by atoms with Crippen LogP contribution in [-0.4, -0.2) is 86.9 Å². The number of likely N-dealkylation sites (N-methyl/N-ethyl adjacent to an activating group) is 1. The first kappa shape index (κ1) is 33.2. The van der Waals surface area contributed by atoms with E-state index in [1.165, 1.54) is 11.0 Å². The van der Waals surface area contributed by atoms with Crippen molar-refractivity contribution < 1.29 is 34.2 Å². The Morgan fingerprint density at radius 3 is 2.23 bits per heavy atom. The monoisotopic (exact) mass is 617 g/mol. The van der Waals surface area contributed by atoms with Gasteiger partial charge in [-0.15, -0.1) is 0 Å². The van der Waals surface area contributed by atoms with Gasteiger partial charge in [0.15, 0.2) is 34.7 Å². The highest BCUT2D eigenvalue weighted by atomic mass is 35.5. The lowest BCUT2D eigenvalue weighted by Gasteiger charge is -2.52. The van der Waals surface area contributed by atoms with Gasteiger partial charge in [0, 0.05) is 23.0 Å². The van der Waals surface area contributed by atoms with Crippen LogP contribution < -0.4 is 5.73 Å². The van der Waals surface area contributed by atoms with Crippen LogP contribution in [-0.2, 0) is 32.1 Å². The van der Waals surface area contributed by atoms with Crippen molar-refractivity contribution in [2.45, 2.75) is 84.5 Å². The number of ketones is 4. The average molecular weight is 618 g/mol. The number of carbonyl (C=O) groups excluding carboxylic acids is 5. The molecule has 0 radical (unpaired) electrons. The number of halogens is 1. The van der Waals surface area contributed by atoms with Crippen molar-refractivity contribution in [3.63, 3.8) is 0 Å². The maximum absolute atomic E-state index is 14.0. The van der Waals surface area contributed by atoms with E-state index in [0.717, 1.165) is 13.0 Å². The number of phenolic OH excluding ortho intramolecular Hbond substituents is 1. The van der Waals surface area contributed by atoms with Gasteiger partial charge in [-0.05, 0) is 82.3 Å². The molecule has 1 aromatic carbocycles. The van der Waals surface area contributed by atoms with E-state index in [2.05, 4.69) is 46.4 Å². The van der Waals surface area contributed by atoms with Gasteiger partial charge in [0.1, 0.15) is 5.75 Å². The summed E-state index contributed by atoms with van der Waals surface area (Å²) in [5, 5.41) is 23.2. The van der Waals surface area contributed by atoms with E-state index in [1.807, 2.05) is 0 Å². The van der Waals surface area contributed by atoms with E-state index in [4.69, 9.17) is 17.3 Å². The number of nitrogens with zero attached hydrogens (tertiary/aromatic N) is 2. The molecule has 2 fully saturated rings. The number of fused-ring (bicyclic) bond motifs is 3. The first-order chi connectivity index (χ1) is 19.7. The number of hydrogen-bond donors (Lipinski definition) is 3. The second-order valence-corrected chi connectivity index (χ2v) is 15.0. The van der Waals surface area contributed by atoms with Crippen molar-refractivity contribution in [3.05, 3.63) is 27.8 Å². The summed E-state index contributed by atoms with van der Waals surface area (Å²) in [4.78, 5) is 70.4. The third-order valence-electron chi connectivity index (χ3n) is 9.63. The van der Waals surface area contributed by atoms with Crippen molar-refractivity contribution in [2.24, 2.45) is 34.8 Å². The number of rotatable bonds is 7. The molecule has 0 aromatic heterocycles. The molecule has 3 aliphatic carbocycles. The largest absolute Gasteiger partial charge is 0.507 e. The van der Waals surface area contributed by atoms with Crippen molar-refractivity contribution in [1.29, 1.82) is 0 Å². The van der Waals surface area contributed by atoms with Gasteiger partial charge in [0.25, 0.3) is 0 Å². The van der Waals surface area contributed by atoms with Gasteiger partial charge in [-0.1, -0.05) is 39.3 Å². The van der Waals surface area contributed by atoms with E-state index in [-0.39, 0.29) is 35.1 Å². The molecule has 11 heteroatoms. The van der Waals surface area contributed by atoms with Crippen LogP contribution in [0.2, 0.25) is 5.02 Å². The lowest BCUT2D eigenvalue weighted by molar-refractivity contribution is -0.181. The van der Waals surface area contributed by atoms with E-state index in [9.17, 15) is 34.2 Å². The summed E-state index contributed by atoms with van der Waals surface area (Å²) in [5.41, 5.74) is 3.44. The number of carbonyl (C=O) groups is 5. The minimum absolute atomic E-state index is 0.0229. The summed E-state index contributed by atoms with van der Waals surface area (Å²) >= 11 is 6.97. The van der Waals surface area contributed by atoms with Gasteiger partial charge in [-0.3, -0.25) is 33.8 Å². The molecule has 2 unspecified atom stereocenters. The minimum atomic E-state index is -2.75. The molecule has 1 amide bonds. The van der Waals surface area contributed by atoms with Crippen LogP contribution in [0.25, 0.3) is 0 Å². The Bertz CT molecular complexity index is 1400. The number of phenols is 1. The molecule has 0 spiro atoms. The van der Waals surface area contributed by atoms with E-state index in [0.29, 0.717) is 22.7 Å². The number of Topliss-reactive ketones (excluding diaryl/α,β-unsaturated/α-hetero) is 4. The molecule has 6 atom stereocenters. The van der Waals surface area contributed by atoms with Crippen molar-refractivity contribution in [3.8, 4) is 5.75 Å². The van der Waals surface area contributed by atoms with Gasteiger partial charge in [0.05, 0.1) is 17.5 Å². The van der Waals surface area contributed by atoms with Gasteiger partial charge < -0.3 is 15.9 Å². The number of amides is 1. The van der Waals surface area contributed by atoms with Gasteiger partial charge in [-0.2, -0.15) is 0 Å². The van der Waals surface area contributed by atoms with Crippen LogP contribution in [0.4, 0.5) is 0 Å². The Balaban J connectivity index is 1.77. The molecule has 10 nitrogen and oxygen atoms in total. The number of primary amides is 1. The molecular weight excluding hydrogens is 574 g/mol. The van der Waals surface area contributed by atoms with Crippen molar-refractivity contribution in [2.75, 3.05) is 20.6 Å². The molecule has 4 rings (SSSR count). The fraction of sp³-hybridized carbons (Fsp3) is 0.656. The number of aromatic hydroxyl groups is 1. The summed E-state index contributed by atoms with van der Waals surface area (Å²) in [6.45, 7) is 14.0. The van der Waals surface area contributed by atoms with Crippen molar-refractivity contribution >= 4 is 40.6 Å². The second-order valence-electron chi connectivity index (χ2n) is 14.6. The molecule has 43 heavy (non-hydrogen) atoms. The smallest absolute Gasteiger partial charge is 0.235 e. The number of nitrogens with two attached hydrogens (primary N) is 1. The highest BCUT2D eigenvalue weighted by Crippen LogP contribution is 2.52. The summed E-state index contributed by atoms with van der Waals surface area (Å²) in [7, 11) is 3.10. The maximum Gasteiger partial charge on any atom is 0.235 e. The van der Waals surface area contributed by atoms with E-state index < -0.39 is 64.4 Å². The molecule has 0 aliphatic heterocycles. The van der Waals surface area contributed by atoms with E-state index >= 15 is 0 Å². The standard InChI is InChI=1S/C32H44ClN3O7/c1-9-36(31(5,6)14-30(2,3)4)13-16-12-19(37)21-17(23(16)33)10-15-11-18-24(35(7)8)26(39)22(29(34)42)28(41)32(18,43)27(40)20(15)25(21)38/h12,15,18,20,22,24,37,43H,9-11,13-14H2,1-8H3,(H2,34,42)/t15-,18-,20?,22?,24-,32-/m0/s1. The zero-order chi connectivity index (χ0) is 32.6. The summed E-state index contributed by atoms with van der Waals surface area (Å²) in [6, 6.07) is 0.301. The molecule has 0 saturated heterocycles. The average Bonchev–Trinajstić information content (AvgIpc) is 2.85. The number of aliphatic hydroxyl groups is 1. The van der Waals surface area contributed by atoms with Crippen LogP contribution in [0.3, 0.4) is 0 Å². The Kier molecular flexibility index (Phi) is 8.54. The van der Waals surface area contributed by atoms with Crippen LogP contribution in [0.15, 0.2) is 6.07 Å². The first-order valence-electron chi connectivity index (χ1n) is 14.8. The highest BCUT2D eigenvalue weighted by molar-refractivity contribution is 6.34. The zero-order valence-corrected chi connectivity index (χ0v) is 27.0. The third-order valence-corrected chi connectivity index (χ3v) is 10.1. The summed E-state index contributed by atoms with van der Waals surface area (Å²) in [5.74, 6) is -10.8. The first-order valence-corrected chi connectivity index (χ1v) is 15.2. The lowest BCUT2D eigenvalue weighted by Crippen LogP contribution is -2.74. The molecule has 1 aromatic rings. The number of hydrogen-bond acceptors (Lipinski definition) is 9. The molecule has 0 bridgehead atoms. The molecular formula is C32H44ClN3O7. The van der Waals surface area contributed by atoms with Crippen molar-refractivity contribution in [1.82, 2.24) is 9.80 Å². The summed E-state index contributed by atoms with van der Waals surface area (Å²) in [6.07, 6.45) is 1.01. The van der Waals surface area contributed by atoms with Crippen LogP contribution >= 0.6 is 11.6 Å². The Morgan fingerprint density at radius 1 is 1.12 bits per heavy atom. The fourth-order valence-electron chi connectivity index (χ4n) is 8.19. The zero-order valence-electron chi connectivity index (χ0n) is 26.3. The van der Waals surface area contributed by atoms with Crippen LogP contribution in [0, 0.1) is 29.1 Å². The normalized spacial score (nSPS) is 29.5. The second kappa shape index (κ2) is 11.1. The summed E-state index contributed by atoms with van der Waals surface area (Å²) < 4.78 is 0. The fourth-order valence-corrected chi connectivity index (χ4v) is 8.48. The number of benzene rings is 1. The van der Waals surface area contributed by atoms with E-state index in [1.54, 1.807) is 14.1 Å². The SMILES string of the molecule is CCN(Cc1cc(O)c2c(c1Cl)C[C@H]1C[C@H]3[C@H](N(C)C)C(=O)C(C(N)=O)C(=O)[C@@]3(O)C(=O)C1C2=O)C(C)(C)CC(C)(C)C. The quantitative estimate of drug-likeness (QED) is 0.391. The molecule has 236 valence electrons. The predicted octanol–water partition coefficient (Wildman–Crippen LogP) is 2.56. The topological polar surface area (TPSA) is 158 Å². The molecule has 2 saturated carbocycles. The predicted molar refractivity (Wildman–Crippen MR) is 161 cm³/mol. The van der Waals surface area contributed by atoms with Gasteiger partial charge in [0.2, 0.25) is 5.91 Å². The Labute approximate surface area is 257 Å². The molecule has 0 heterocycles. The Morgan fingerprint density at radius 2 is 1.72 bits per heavy atom. The van der Waals surface area contributed by atoms with Gasteiger partial charge in [-0.25, -0.2) is 0 Å². The molecule has 4 N–H and O–H groups in total. The minimum Gasteiger partial charge on any atom is -0.507 e. The Hall–Kier alpha value is -2.66. The van der Waals surface area contributed by atoms with Gasteiger partial charge >= 0.3 is 0 Å². The molecule has 3 aliphatic rings.